The van der Waals surface area contributed by atoms with Crippen molar-refractivity contribution in [2.45, 2.75) is 32.5 Å². The number of carbonyl (C=O) groups is 3. The first kappa shape index (κ1) is 23.9. The highest BCUT2D eigenvalue weighted by Gasteiger charge is 2.32. The van der Waals surface area contributed by atoms with Crippen LogP contribution in [0, 0.1) is 6.92 Å². The van der Waals surface area contributed by atoms with Crippen LogP contribution in [0.5, 0.6) is 0 Å². The van der Waals surface area contributed by atoms with Gasteiger partial charge in [-0.05, 0) is 25.5 Å². The van der Waals surface area contributed by atoms with Gasteiger partial charge in [0.25, 0.3) is 5.91 Å². The van der Waals surface area contributed by atoms with E-state index < -0.39 is 18.1 Å². The summed E-state index contributed by atoms with van der Waals surface area (Å²) in [6.45, 7) is 3.55. The van der Waals surface area contributed by atoms with Crippen molar-refractivity contribution in [1.29, 1.82) is 0 Å². The SMILES string of the molecule is Cc1cccc(CC(=O)N[C@@H](C)C(=O)NC2N=C(c3ccccc3)c3ccccc3N(C)C2=O)c1. The number of fused-ring (bicyclic) bond motifs is 1. The van der Waals surface area contributed by atoms with Crippen molar-refractivity contribution < 1.29 is 14.4 Å². The maximum Gasteiger partial charge on any atom is 0.272 e. The van der Waals surface area contributed by atoms with Gasteiger partial charge in [-0.25, -0.2) is 4.99 Å². The fourth-order valence-corrected chi connectivity index (χ4v) is 4.07. The molecule has 1 aliphatic rings. The van der Waals surface area contributed by atoms with Crippen LogP contribution in [0.1, 0.15) is 29.2 Å². The number of carbonyl (C=O) groups excluding carboxylic acids is 3. The van der Waals surface area contributed by atoms with Gasteiger partial charge in [-0.2, -0.15) is 0 Å². The van der Waals surface area contributed by atoms with Crippen LogP contribution < -0.4 is 15.5 Å². The molecule has 3 aromatic carbocycles. The van der Waals surface area contributed by atoms with Crippen LogP contribution in [0.2, 0.25) is 0 Å². The monoisotopic (exact) mass is 468 g/mol. The van der Waals surface area contributed by atoms with Gasteiger partial charge in [-0.3, -0.25) is 14.4 Å². The minimum atomic E-state index is -1.13. The topological polar surface area (TPSA) is 90.9 Å². The number of benzodiazepines with no additional fused rings is 1. The van der Waals surface area contributed by atoms with Crippen molar-refractivity contribution >= 4 is 29.1 Å². The van der Waals surface area contributed by atoms with Crippen LogP contribution in [-0.2, 0) is 20.8 Å². The minimum Gasteiger partial charge on any atom is -0.344 e. The number of amides is 3. The summed E-state index contributed by atoms with van der Waals surface area (Å²) in [6, 6.07) is 23.9. The molecule has 1 aliphatic heterocycles. The van der Waals surface area contributed by atoms with Crippen molar-refractivity contribution in [2.24, 2.45) is 4.99 Å². The smallest absolute Gasteiger partial charge is 0.272 e. The molecule has 0 radical (unpaired) electrons. The molecule has 0 fully saturated rings. The Bertz CT molecular complexity index is 1290. The third-order valence-electron chi connectivity index (χ3n) is 5.89. The van der Waals surface area contributed by atoms with Gasteiger partial charge in [0.05, 0.1) is 17.8 Å². The Labute approximate surface area is 204 Å². The number of aliphatic imine (C=N–C) groups is 1. The third kappa shape index (κ3) is 5.46. The Morgan fingerprint density at radius 1 is 1.00 bits per heavy atom. The second kappa shape index (κ2) is 10.3. The first-order valence-electron chi connectivity index (χ1n) is 11.5. The highest BCUT2D eigenvalue weighted by molar-refractivity contribution is 6.20. The van der Waals surface area contributed by atoms with E-state index in [2.05, 4.69) is 15.6 Å². The van der Waals surface area contributed by atoms with Gasteiger partial charge in [0.1, 0.15) is 6.04 Å². The fraction of sp³-hybridized carbons (Fsp3) is 0.214. The molecule has 35 heavy (non-hydrogen) atoms. The second-order valence-corrected chi connectivity index (χ2v) is 8.62. The molecule has 1 unspecified atom stereocenters. The molecule has 0 saturated carbocycles. The van der Waals surface area contributed by atoms with Crippen molar-refractivity contribution in [2.75, 3.05) is 11.9 Å². The van der Waals surface area contributed by atoms with Crippen LogP contribution in [-0.4, -0.2) is 42.7 Å². The van der Waals surface area contributed by atoms with E-state index >= 15 is 0 Å². The number of benzene rings is 3. The number of likely N-dealkylation sites (N-methyl/N-ethyl adjacent to an activating group) is 1. The molecule has 0 spiro atoms. The van der Waals surface area contributed by atoms with Crippen LogP contribution in [0.15, 0.2) is 83.9 Å². The van der Waals surface area contributed by atoms with E-state index in [0.29, 0.717) is 11.4 Å². The van der Waals surface area contributed by atoms with Gasteiger partial charge < -0.3 is 15.5 Å². The standard InChI is InChI=1S/C28H28N4O3/c1-18-10-9-11-20(16-18)17-24(33)29-19(2)27(34)31-26-28(35)32(3)23-15-8-7-14-22(23)25(30-26)21-12-5-4-6-13-21/h4-16,19,26H,17H2,1-3H3,(H,29,33)(H,31,34)/t19-,26?/m0/s1. The predicted molar refractivity (Wildman–Crippen MR) is 136 cm³/mol. The van der Waals surface area contributed by atoms with Gasteiger partial charge in [-0.1, -0.05) is 78.4 Å². The number of para-hydroxylation sites is 1. The fourth-order valence-electron chi connectivity index (χ4n) is 4.07. The molecule has 7 heteroatoms. The molecule has 0 bridgehead atoms. The van der Waals surface area contributed by atoms with Crippen molar-refractivity contribution in [3.8, 4) is 0 Å². The second-order valence-electron chi connectivity index (χ2n) is 8.62. The zero-order valence-corrected chi connectivity index (χ0v) is 20.0. The van der Waals surface area contributed by atoms with Crippen molar-refractivity contribution in [1.82, 2.24) is 10.6 Å². The number of nitrogens with one attached hydrogen (secondary N) is 2. The van der Waals surface area contributed by atoms with Gasteiger partial charge in [-0.15, -0.1) is 0 Å². The summed E-state index contributed by atoms with van der Waals surface area (Å²) >= 11 is 0. The summed E-state index contributed by atoms with van der Waals surface area (Å²) in [5, 5.41) is 5.43. The van der Waals surface area contributed by atoms with Crippen LogP contribution in [0.25, 0.3) is 0 Å². The summed E-state index contributed by atoms with van der Waals surface area (Å²) in [5.74, 6) is -1.13. The highest BCUT2D eigenvalue weighted by atomic mass is 16.2. The van der Waals surface area contributed by atoms with Crippen LogP contribution in [0.3, 0.4) is 0 Å². The van der Waals surface area contributed by atoms with Crippen LogP contribution in [0.4, 0.5) is 5.69 Å². The molecule has 0 aliphatic carbocycles. The molecule has 4 rings (SSSR count). The molecular weight excluding hydrogens is 440 g/mol. The number of aryl methyl sites for hydroxylation is 1. The van der Waals surface area contributed by atoms with Crippen molar-refractivity contribution in [3.63, 3.8) is 0 Å². The zero-order chi connectivity index (χ0) is 24.9. The Hall–Kier alpha value is -4.26. The molecule has 178 valence electrons. The summed E-state index contributed by atoms with van der Waals surface area (Å²) in [6.07, 6.45) is -0.970. The lowest BCUT2D eigenvalue weighted by Crippen LogP contribution is -2.52. The van der Waals surface area contributed by atoms with E-state index in [-0.39, 0.29) is 18.2 Å². The molecule has 7 nitrogen and oxygen atoms in total. The predicted octanol–water partition coefficient (Wildman–Crippen LogP) is 3.00. The largest absolute Gasteiger partial charge is 0.344 e. The van der Waals surface area contributed by atoms with E-state index in [1.807, 2.05) is 85.8 Å². The molecule has 0 saturated heterocycles. The first-order valence-corrected chi connectivity index (χ1v) is 11.5. The van der Waals surface area contributed by atoms with Crippen molar-refractivity contribution in [3.05, 3.63) is 101 Å². The number of hydrogen-bond acceptors (Lipinski definition) is 4. The molecule has 2 N–H and O–H groups in total. The summed E-state index contributed by atoms with van der Waals surface area (Å²) in [5.41, 5.74) is 4.88. The third-order valence-corrected chi connectivity index (χ3v) is 5.89. The number of hydrogen-bond donors (Lipinski definition) is 2. The molecular formula is C28H28N4O3. The lowest BCUT2D eigenvalue weighted by Gasteiger charge is -2.22. The Morgan fingerprint density at radius 3 is 2.46 bits per heavy atom. The Kier molecular flexibility index (Phi) is 7.06. The average Bonchev–Trinajstić information content (AvgIpc) is 2.95. The van der Waals surface area contributed by atoms with Gasteiger partial charge in [0.2, 0.25) is 18.0 Å². The summed E-state index contributed by atoms with van der Waals surface area (Å²) < 4.78 is 0. The maximum absolute atomic E-state index is 13.3. The minimum absolute atomic E-state index is 0.163. The molecule has 3 aromatic rings. The number of nitrogens with zero attached hydrogens (tertiary/aromatic N) is 2. The van der Waals surface area contributed by atoms with E-state index in [0.717, 1.165) is 22.3 Å². The van der Waals surface area contributed by atoms with Crippen LogP contribution >= 0.6 is 0 Å². The Balaban J connectivity index is 1.54. The van der Waals surface area contributed by atoms with E-state index in [4.69, 9.17) is 0 Å². The number of anilines is 1. The summed E-state index contributed by atoms with van der Waals surface area (Å²) in [7, 11) is 1.66. The highest BCUT2D eigenvalue weighted by Crippen LogP contribution is 2.27. The normalized spacial score (nSPS) is 16.0. The number of rotatable bonds is 6. The molecule has 1 heterocycles. The lowest BCUT2D eigenvalue weighted by molar-refractivity contribution is -0.130. The van der Waals surface area contributed by atoms with Gasteiger partial charge >= 0.3 is 0 Å². The molecule has 3 amide bonds. The Morgan fingerprint density at radius 2 is 1.71 bits per heavy atom. The van der Waals surface area contributed by atoms with E-state index in [9.17, 15) is 14.4 Å². The zero-order valence-electron chi connectivity index (χ0n) is 20.0. The van der Waals surface area contributed by atoms with Gasteiger partial charge in [0.15, 0.2) is 0 Å². The lowest BCUT2D eigenvalue weighted by atomic mass is 10.0. The first-order chi connectivity index (χ1) is 16.8. The molecule has 2 atom stereocenters. The average molecular weight is 469 g/mol. The quantitative estimate of drug-likeness (QED) is 0.583. The van der Waals surface area contributed by atoms with E-state index in [1.54, 1.807) is 14.0 Å². The molecule has 0 aromatic heterocycles. The maximum atomic E-state index is 13.3. The van der Waals surface area contributed by atoms with Gasteiger partial charge in [0, 0.05) is 18.2 Å². The summed E-state index contributed by atoms with van der Waals surface area (Å²) in [4.78, 5) is 44.9. The van der Waals surface area contributed by atoms with E-state index in [1.165, 1.54) is 4.90 Å².